The number of benzene rings is 2. The molecule has 0 bridgehead atoms. The van der Waals surface area contributed by atoms with Gasteiger partial charge in [0.15, 0.2) is 11.5 Å². The quantitative estimate of drug-likeness (QED) is 0.531. The maximum Gasteiger partial charge on any atom is 0.335 e. The molecule has 0 saturated carbocycles. The van der Waals surface area contributed by atoms with Crippen molar-refractivity contribution in [1.82, 2.24) is 4.90 Å². The fourth-order valence-electron chi connectivity index (χ4n) is 3.84. The molecule has 33 heavy (non-hydrogen) atoms. The SMILES string of the molecule is CN(C)c1ccc(C2C(C(=O)c3ccco3)=C(O)C(=O)N2Cc2ccc(C(=O)O)cc2)cc1. The van der Waals surface area contributed by atoms with Crippen LogP contribution in [0, 0.1) is 0 Å². The number of carbonyl (C=O) groups excluding carboxylic acids is 2. The van der Waals surface area contributed by atoms with E-state index in [0.29, 0.717) is 11.1 Å². The van der Waals surface area contributed by atoms with Gasteiger partial charge in [0, 0.05) is 26.3 Å². The first-order valence-corrected chi connectivity index (χ1v) is 10.2. The van der Waals surface area contributed by atoms with Gasteiger partial charge in [0.25, 0.3) is 5.91 Å². The van der Waals surface area contributed by atoms with E-state index in [1.54, 1.807) is 18.2 Å². The Hall–Kier alpha value is -4.33. The number of amides is 1. The zero-order valence-electron chi connectivity index (χ0n) is 18.1. The zero-order valence-corrected chi connectivity index (χ0v) is 18.1. The summed E-state index contributed by atoms with van der Waals surface area (Å²) in [5, 5.41) is 19.8. The molecule has 168 valence electrons. The number of anilines is 1. The summed E-state index contributed by atoms with van der Waals surface area (Å²) < 4.78 is 5.23. The minimum Gasteiger partial charge on any atom is -0.503 e. The third-order valence-electron chi connectivity index (χ3n) is 5.57. The van der Waals surface area contributed by atoms with Crippen molar-refractivity contribution in [3.8, 4) is 0 Å². The summed E-state index contributed by atoms with van der Waals surface area (Å²) in [6, 6.07) is 15.6. The van der Waals surface area contributed by atoms with Gasteiger partial charge < -0.3 is 24.4 Å². The average molecular weight is 446 g/mol. The number of Topliss-reactive ketones (excluding diaryl/α,β-unsaturated/α-hetero) is 1. The fraction of sp³-hybridized carbons (Fsp3) is 0.160. The van der Waals surface area contributed by atoms with E-state index in [1.165, 1.54) is 29.4 Å². The number of hydrogen-bond acceptors (Lipinski definition) is 6. The van der Waals surface area contributed by atoms with Gasteiger partial charge in [0.05, 0.1) is 23.4 Å². The van der Waals surface area contributed by atoms with Crippen molar-refractivity contribution in [3.63, 3.8) is 0 Å². The highest BCUT2D eigenvalue weighted by Crippen LogP contribution is 2.40. The minimum absolute atomic E-state index is 0.0203. The topological polar surface area (TPSA) is 111 Å². The summed E-state index contributed by atoms with van der Waals surface area (Å²) in [7, 11) is 3.80. The van der Waals surface area contributed by atoms with Crippen LogP contribution in [-0.4, -0.2) is 46.9 Å². The molecule has 2 heterocycles. The van der Waals surface area contributed by atoms with E-state index in [1.807, 2.05) is 43.3 Å². The van der Waals surface area contributed by atoms with E-state index < -0.39 is 29.5 Å². The number of rotatable bonds is 7. The number of nitrogens with zero attached hydrogens (tertiary/aromatic N) is 2. The number of aromatic carboxylic acids is 1. The number of carboxylic acids is 1. The Morgan fingerprint density at radius 2 is 1.70 bits per heavy atom. The van der Waals surface area contributed by atoms with Crippen LogP contribution in [0.1, 0.15) is 38.1 Å². The van der Waals surface area contributed by atoms with Gasteiger partial charge in [-0.1, -0.05) is 24.3 Å². The Balaban J connectivity index is 1.75. The highest BCUT2D eigenvalue weighted by Gasteiger charge is 2.44. The Bertz CT molecular complexity index is 1220. The molecule has 0 aliphatic carbocycles. The minimum atomic E-state index is -1.05. The van der Waals surface area contributed by atoms with Crippen molar-refractivity contribution in [2.45, 2.75) is 12.6 Å². The van der Waals surface area contributed by atoms with Crippen LogP contribution in [0.4, 0.5) is 5.69 Å². The zero-order chi connectivity index (χ0) is 23.7. The van der Waals surface area contributed by atoms with Crippen molar-refractivity contribution in [2.24, 2.45) is 0 Å². The van der Waals surface area contributed by atoms with Crippen LogP contribution < -0.4 is 4.90 Å². The molecule has 1 aliphatic heterocycles. The molecule has 1 aromatic heterocycles. The second-order valence-corrected chi connectivity index (χ2v) is 7.89. The second-order valence-electron chi connectivity index (χ2n) is 7.89. The van der Waals surface area contributed by atoms with Gasteiger partial charge in [-0.15, -0.1) is 0 Å². The number of carbonyl (C=O) groups is 3. The smallest absolute Gasteiger partial charge is 0.335 e. The Labute approximate surface area is 190 Å². The van der Waals surface area contributed by atoms with E-state index in [-0.39, 0.29) is 23.4 Å². The first-order valence-electron chi connectivity index (χ1n) is 10.2. The van der Waals surface area contributed by atoms with Crippen LogP contribution >= 0.6 is 0 Å². The van der Waals surface area contributed by atoms with Crippen molar-refractivity contribution in [1.29, 1.82) is 0 Å². The standard InChI is InChI=1S/C25H22N2O6/c1-26(2)18-11-9-16(10-12-18)21-20(22(28)19-4-3-13-33-19)23(29)24(30)27(21)14-15-5-7-17(8-6-15)25(31)32/h3-13,21,29H,14H2,1-2H3,(H,31,32). The summed E-state index contributed by atoms with van der Waals surface area (Å²) in [4.78, 5) is 40.7. The van der Waals surface area contributed by atoms with Crippen LogP contribution in [-0.2, 0) is 11.3 Å². The highest BCUT2D eigenvalue weighted by atomic mass is 16.4. The third-order valence-corrected chi connectivity index (χ3v) is 5.57. The van der Waals surface area contributed by atoms with Gasteiger partial charge in [-0.05, 0) is 47.5 Å². The highest BCUT2D eigenvalue weighted by molar-refractivity contribution is 6.15. The number of carboxylic acid groups (broad SMARTS) is 1. The first-order chi connectivity index (χ1) is 15.8. The number of hydrogen-bond donors (Lipinski definition) is 2. The van der Waals surface area contributed by atoms with Crippen LogP contribution in [0.5, 0.6) is 0 Å². The Kier molecular flexibility index (Phi) is 5.74. The number of aliphatic hydroxyl groups excluding tert-OH is 1. The van der Waals surface area contributed by atoms with E-state index in [9.17, 15) is 19.5 Å². The van der Waals surface area contributed by atoms with Gasteiger partial charge in [0.2, 0.25) is 5.78 Å². The van der Waals surface area contributed by atoms with Gasteiger partial charge in [-0.2, -0.15) is 0 Å². The molecule has 8 nitrogen and oxygen atoms in total. The molecular weight excluding hydrogens is 424 g/mol. The fourth-order valence-corrected chi connectivity index (χ4v) is 3.84. The van der Waals surface area contributed by atoms with Gasteiger partial charge in [-0.25, -0.2) is 4.79 Å². The lowest BCUT2D eigenvalue weighted by molar-refractivity contribution is -0.130. The molecule has 0 fully saturated rings. The molecule has 0 radical (unpaired) electrons. The van der Waals surface area contributed by atoms with Gasteiger partial charge in [0.1, 0.15) is 0 Å². The number of aliphatic hydroxyl groups is 1. The van der Waals surface area contributed by atoms with E-state index in [4.69, 9.17) is 9.52 Å². The number of ketones is 1. The Morgan fingerprint density at radius 3 is 2.24 bits per heavy atom. The average Bonchev–Trinajstić information content (AvgIpc) is 3.42. The maximum atomic E-state index is 13.2. The summed E-state index contributed by atoms with van der Waals surface area (Å²) in [5.74, 6) is -2.92. The molecule has 4 rings (SSSR count). The first kappa shape index (κ1) is 21.9. The molecule has 1 atom stereocenters. The lowest BCUT2D eigenvalue weighted by atomic mass is 9.94. The summed E-state index contributed by atoms with van der Waals surface area (Å²) >= 11 is 0. The van der Waals surface area contributed by atoms with Crippen molar-refractivity contribution < 1.29 is 29.0 Å². The van der Waals surface area contributed by atoms with Gasteiger partial charge in [-0.3, -0.25) is 9.59 Å². The molecule has 1 unspecified atom stereocenters. The van der Waals surface area contributed by atoms with Crippen molar-refractivity contribution in [3.05, 3.63) is 101 Å². The predicted molar refractivity (Wildman–Crippen MR) is 120 cm³/mol. The lowest BCUT2D eigenvalue weighted by Gasteiger charge is -2.27. The largest absolute Gasteiger partial charge is 0.503 e. The molecule has 1 amide bonds. The number of furan rings is 1. The normalized spacial score (nSPS) is 15.8. The molecule has 2 N–H and O–H groups in total. The van der Waals surface area contributed by atoms with E-state index in [0.717, 1.165) is 5.69 Å². The monoisotopic (exact) mass is 446 g/mol. The predicted octanol–water partition coefficient (Wildman–Crippen LogP) is 3.82. The lowest BCUT2D eigenvalue weighted by Crippen LogP contribution is -2.30. The summed E-state index contributed by atoms with van der Waals surface area (Å²) in [6.45, 7) is 0.0673. The molecule has 3 aromatic rings. The van der Waals surface area contributed by atoms with Gasteiger partial charge >= 0.3 is 5.97 Å². The van der Waals surface area contributed by atoms with Crippen LogP contribution in [0.2, 0.25) is 0 Å². The molecule has 0 saturated heterocycles. The second kappa shape index (κ2) is 8.66. The molecule has 1 aliphatic rings. The van der Waals surface area contributed by atoms with Crippen molar-refractivity contribution in [2.75, 3.05) is 19.0 Å². The van der Waals surface area contributed by atoms with Crippen LogP contribution in [0.15, 0.2) is 82.7 Å². The molecule has 8 heteroatoms. The molecule has 2 aromatic carbocycles. The van der Waals surface area contributed by atoms with Crippen molar-refractivity contribution >= 4 is 23.3 Å². The third kappa shape index (κ3) is 4.10. The maximum absolute atomic E-state index is 13.2. The Morgan fingerprint density at radius 1 is 1.03 bits per heavy atom. The summed E-state index contributed by atoms with van der Waals surface area (Å²) in [5.41, 5.74) is 2.30. The van der Waals surface area contributed by atoms with Crippen LogP contribution in [0.3, 0.4) is 0 Å². The molecule has 0 spiro atoms. The van der Waals surface area contributed by atoms with E-state index >= 15 is 0 Å². The van der Waals surface area contributed by atoms with E-state index in [2.05, 4.69) is 0 Å². The summed E-state index contributed by atoms with van der Waals surface area (Å²) in [6.07, 6.45) is 1.35. The molecular formula is C25H22N2O6. The van der Waals surface area contributed by atoms with Crippen LogP contribution in [0.25, 0.3) is 0 Å².